The normalized spacial score (nSPS) is 11.4. The Bertz CT molecular complexity index is 48.1. The number of rotatable bonds is 1. The molecule has 7 heavy (non-hydrogen) atoms. The lowest BCUT2D eigenvalue weighted by Crippen LogP contribution is -2.19. The van der Waals surface area contributed by atoms with Crippen molar-refractivity contribution >= 4 is 7.28 Å². The van der Waals surface area contributed by atoms with Gasteiger partial charge in [-0.15, -0.1) is 0 Å². The van der Waals surface area contributed by atoms with Crippen LogP contribution in [0.2, 0.25) is 0 Å². The monoisotopic (exact) mass is 114 g/mol. The van der Waals surface area contributed by atoms with Crippen molar-refractivity contribution in [3.63, 3.8) is 0 Å². The summed E-state index contributed by atoms with van der Waals surface area (Å²) in [6, 6.07) is 0. The van der Waals surface area contributed by atoms with E-state index in [0.717, 1.165) is 0 Å². The van der Waals surface area contributed by atoms with Crippen LogP contribution >= 0.6 is 0 Å². The van der Waals surface area contributed by atoms with Crippen LogP contribution in [0.5, 0.6) is 0 Å². The highest BCUT2D eigenvalue weighted by atomic mass is 19.4. The zero-order valence-corrected chi connectivity index (χ0v) is 3.43. The van der Waals surface area contributed by atoms with E-state index in [1.807, 2.05) is 0 Å². The molecule has 0 spiro atoms. The van der Waals surface area contributed by atoms with E-state index in [1.54, 1.807) is 0 Å². The first-order chi connectivity index (χ1) is 3.06. The maximum Gasteiger partial charge on any atom is 0.344 e. The van der Waals surface area contributed by atoms with Gasteiger partial charge in [-0.05, 0) is 0 Å². The lowest BCUT2D eigenvalue weighted by molar-refractivity contribution is -0.0480. The summed E-state index contributed by atoms with van der Waals surface area (Å²) in [7, 11) is -1.33. The van der Waals surface area contributed by atoms with E-state index in [4.69, 9.17) is 0 Å². The first kappa shape index (κ1) is 6.78. The Morgan fingerprint density at radius 1 is 1.29 bits per heavy atom. The van der Waals surface area contributed by atoms with Crippen LogP contribution in [0.4, 0.5) is 17.6 Å². The van der Waals surface area contributed by atoms with Crippen LogP contribution in [0.25, 0.3) is 0 Å². The van der Waals surface area contributed by atoms with E-state index < -0.39 is 19.9 Å². The van der Waals surface area contributed by atoms with Crippen molar-refractivity contribution in [1.29, 1.82) is 0 Å². The summed E-state index contributed by atoms with van der Waals surface area (Å²) in [4.78, 5) is 0. The van der Waals surface area contributed by atoms with Gasteiger partial charge in [-0.25, -0.2) is 0 Å². The number of halogens is 4. The highest BCUT2D eigenvalue weighted by Gasteiger charge is 2.27. The van der Waals surface area contributed by atoms with Crippen molar-refractivity contribution in [2.24, 2.45) is 0 Å². The van der Waals surface area contributed by atoms with Gasteiger partial charge in [-0.2, -0.15) is 13.2 Å². The van der Waals surface area contributed by atoms with Crippen molar-refractivity contribution in [2.45, 2.75) is 6.08 Å². The third-order valence-corrected chi connectivity index (χ3v) is 0.378. The zero-order valence-electron chi connectivity index (χ0n) is 3.43. The number of alkyl halides is 4. The standard InChI is InChI=1S/C2H3BF4/c4-1-3-2(5,6)7/h3H,1H2. The Kier molecular flexibility index (Phi) is 2.12. The second-order valence-electron chi connectivity index (χ2n) is 1.05. The molecule has 0 fully saturated rings. The molecular formula is C2H3BF4. The molecule has 0 aliphatic heterocycles. The fourth-order valence-corrected chi connectivity index (χ4v) is 0.107. The van der Waals surface area contributed by atoms with E-state index >= 15 is 0 Å². The van der Waals surface area contributed by atoms with Crippen LogP contribution in [0.1, 0.15) is 0 Å². The summed E-state index contributed by atoms with van der Waals surface area (Å²) in [5.74, 6) is 0. The minimum atomic E-state index is -4.32. The molecule has 0 aliphatic rings. The van der Waals surface area contributed by atoms with Gasteiger partial charge >= 0.3 is 6.08 Å². The van der Waals surface area contributed by atoms with E-state index in [1.165, 1.54) is 0 Å². The molecule has 0 aromatic heterocycles. The minimum Gasteiger partial charge on any atom is -0.260 e. The average Bonchev–Trinajstić information content (AvgIpc) is 1.30. The molecule has 0 radical (unpaired) electrons. The van der Waals surface area contributed by atoms with Crippen LogP contribution in [-0.4, -0.2) is 19.9 Å². The fourth-order valence-electron chi connectivity index (χ4n) is 0.107. The van der Waals surface area contributed by atoms with Gasteiger partial charge in [0.25, 0.3) is 7.28 Å². The van der Waals surface area contributed by atoms with Gasteiger partial charge in [0.15, 0.2) is 0 Å². The van der Waals surface area contributed by atoms with Crippen molar-refractivity contribution in [2.75, 3.05) is 6.57 Å². The summed E-state index contributed by atoms with van der Waals surface area (Å²) in [6.45, 7) is -1.32. The highest BCUT2D eigenvalue weighted by Crippen LogP contribution is 2.11. The highest BCUT2D eigenvalue weighted by molar-refractivity contribution is 6.37. The number of hydrogen-bond donors (Lipinski definition) is 0. The van der Waals surface area contributed by atoms with Gasteiger partial charge < -0.3 is 0 Å². The quantitative estimate of drug-likeness (QED) is 0.350. The van der Waals surface area contributed by atoms with Gasteiger partial charge in [0.05, 0.1) is 6.57 Å². The lowest BCUT2D eigenvalue weighted by atomic mass is 9.80. The molecule has 0 atom stereocenters. The first-order valence-electron chi connectivity index (χ1n) is 1.69. The van der Waals surface area contributed by atoms with Crippen molar-refractivity contribution in [1.82, 2.24) is 0 Å². The molecule has 5 heteroatoms. The van der Waals surface area contributed by atoms with Gasteiger partial charge in [-0.1, -0.05) is 0 Å². The third-order valence-electron chi connectivity index (χ3n) is 0.378. The molecule has 0 N–H and O–H groups in total. The Hall–Kier alpha value is -0.215. The predicted molar refractivity (Wildman–Crippen MR) is 19.2 cm³/mol. The minimum absolute atomic E-state index is 1.32. The Balaban J connectivity index is 3.15. The average molecular weight is 114 g/mol. The molecule has 0 aromatic carbocycles. The lowest BCUT2D eigenvalue weighted by Gasteiger charge is -1.97. The van der Waals surface area contributed by atoms with Gasteiger partial charge in [0, 0.05) is 0 Å². The van der Waals surface area contributed by atoms with Gasteiger partial charge in [0.2, 0.25) is 0 Å². The van der Waals surface area contributed by atoms with Crippen LogP contribution in [-0.2, 0) is 0 Å². The first-order valence-corrected chi connectivity index (χ1v) is 1.69. The van der Waals surface area contributed by atoms with E-state index in [2.05, 4.69) is 0 Å². The zero-order chi connectivity index (χ0) is 5.91. The second-order valence-corrected chi connectivity index (χ2v) is 1.05. The van der Waals surface area contributed by atoms with Crippen LogP contribution in [0.3, 0.4) is 0 Å². The molecule has 0 amide bonds. The van der Waals surface area contributed by atoms with Crippen molar-refractivity contribution < 1.29 is 17.6 Å². The number of hydrogen-bond acceptors (Lipinski definition) is 0. The third kappa shape index (κ3) is 5.78. The van der Waals surface area contributed by atoms with Crippen LogP contribution in [0.15, 0.2) is 0 Å². The van der Waals surface area contributed by atoms with Crippen LogP contribution < -0.4 is 0 Å². The molecule has 0 saturated heterocycles. The molecule has 0 aromatic rings. The maximum atomic E-state index is 10.8. The van der Waals surface area contributed by atoms with E-state index in [-0.39, 0.29) is 0 Å². The SMILES string of the molecule is FCBC(F)(F)F. The van der Waals surface area contributed by atoms with E-state index in [9.17, 15) is 17.6 Å². The van der Waals surface area contributed by atoms with Gasteiger partial charge in [0.1, 0.15) is 0 Å². The molecular weight excluding hydrogens is 111 g/mol. The fraction of sp³-hybridized carbons (Fsp3) is 1.00. The van der Waals surface area contributed by atoms with E-state index in [0.29, 0.717) is 0 Å². The molecule has 0 saturated carbocycles. The summed E-state index contributed by atoms with van der Waals surface area (Å²) in [5, 5.41) is 0. The van der Waals surface area contributed by atoms with Crippen LogP contribution in [0, 0.1) is 0 Å². The largest absolute Gasteiger partial charge is 0.344 e. The molecule has 0 rings (SSSR count). The molecule has 0 nitrogen and oxygen atoms in total. The Morgan fingerprint density at radius 3 is 1.71 bits per heavy atom. The van der Waals surface area contributed by atoms with Crippen molar-refractivity contribution in [3.8, 4) is 0 Å². The summed E-state index contributed by atoms with van der Waals surface area (Å²) >= 11 is 0. The van der Waals surface area contributed by atoms with Crippen molar-refractivity contribution in [3.05, 3.63) is 0 Å². The summed E-state index contributed by atoms with van der Waals surface area (Å²) in [6.07, 6.45) is -4.32. The molecule has 42 valence electrons. The topological polar surface area (TPSA) is 0 Å². The summed E-state index contributed by atoms with van der Waals surface area (Å²) in [5.41, 5.74) is 0. The molecule has 0 heterocycles. The maximum absolute atomic E-state index is 10.8. The molecule has 0 unspecified atom stereocenters. The second kappa shape index (κ2) is 2.19. The smallest absolute Gasteiger partial charge is 0.260 e. The Labute approximate surface area is 38.8 Å². The summed E-state index contributed by atoms with van der Waals surface area (Å²) < 4.78 is 43.2. The van der Waals surface area contributed by atoms with Gasteiger partial charge in [-0.3, -0.25) is 4.39 Å². The molecule has 0 aliphatic carbocycles. The predicted octanol–water partition coefficient (Wildman–Crippen LogP) is 0.870. The molecule has 0 bridgehead atoms. The Morgan fingerprint density at radius 2 is 1.71 bits per heavy atom.